The molecule has 0 aromatic carbocycles. The molecule has 2 aliphatic rings. The van der Waals surface area contributed by atoms with Crippen LogP contribution in [-0.2, 0) is 33.3 Å². The van der Waals surface area contributed by atoms with Gasteiger partial charge in [0.25, 0.3) is 0 Å². The predicted molar refractivity (Wildman–Crippen MR) is 82.2 cm³/mol. The van der Waals surface area contributed by atoms with Gasteiger partial charge in [-0.15, -0.1) is 6.58 Å². The van der Waals surface area contributed by atoms with Crippen LogP contribution in [0.3, 0.4) is 0 Å². The molecule has 2 amide bonds. The minimum Gasteiger partial charge on any atom is -0.463 e. The highest BCUT2D eigenvalue weighted by atomic mass is 16.6. The van der Waals surface area contributed by atoms with Gasteiger partial charge in [0, 0.05) is 20.8 Å². The normalized spacial score (nSPS) is 30.9. The van der Waals surface area contributed by atoms with E-state index in [1.807, 2.05) is 0 Å². The van der Waals surface area contributed by atoms with Crippen LogP contribution in [0.4, 0.5) is 4.79 Å². The molecular weight excluding hydrogens is 334 g/mol. The molecular formula is C16H21NO8. The molecule has 0 bridgehead atoms. The molecule has 25 heavy (non-hydrogen) atoms. The van der Waals surface area contributed by atoms with Crippen LogP contribution < -0.4 is 0 Å². The van der Waals surface area contributed by atoms with E-state index < -0.39 is 54.4 Å². The molecule has 9 heteroatoms. The van der Waals surface area contributed by atoms with Crippen LogP contribution in [0.5, 0.6) is 0 Å². The Labute approximate surface area is 144 Å². The molecule has 0 spiro atoms. The number of carbonyl (C=O) groups is 4. The Morgan fingerprint density at radius 3 is 2.40 bits per heavy atom. The Hall–Kier alpha value is -2.42. The van der Waals surface area contributed by atoms with Crippen LogP contribution in [0.2, 0.25) is 0 Å². The fourth-order valence-electron chi connectivity index (χ4n) is 3.11. The predicted octanol–water partition coefficient (Wildman–Crippen LogP) is 0.561. The van der Waals surface area contributed by atoms with E-state index in [4.69, 9.17) is 18.9 Å². The van der Waals surface area contributed by atoms with E-state index in [2.05, 4.69) is 6.58 Å². The molecule has 9 nitrogen and oxygen atoms in total. The third kappa shape index (κ3) is 3.98. The number of hydrogen-bond donors (Lipinski definition) is 0. The summed E-state index contributed by atoms with van der Waals surface area (Å²) < 4.78 is 21.4. The summed E-state index contributed by atoms with van der Waals surface area (Å²) in [5, 5.41) is 0. The summed E-state index contributed by atoms with van der Waals surface area (Å²) in [6, 6.07) is -0.763. The van der Waals surface area contributed by atoms with Crippen molar-refractivity contribution in [2.24, 2.45) is 0 Å². The van der Waals surface area contributed by atoms with Crippen molar-refractivity contribution in [3.8, 4) is 0 Å². The third-order valence-electron chi connectivity index (χ3n) is 3.98. The van der Waals surface area contributed by atoms with Crippen molar-refractivity contribution in [3.05, 3.63) is 12.7 Å². The van der Waals surface area contributed by atoms with Gasteiger partial charge in [-0.2, -0.15) is 0 Å². The van der Waals surface area contributed by atoms with Gasteiger partial charge in [-0.25, -0.2) is 9.69 Å². The van der Waals surface area contributed by atoms with Crippen molar-refractivity contribution in [2.45, 2.75) is 57.6 Å². The van der Waals surface area contributed by atoms with Crippen molar-refractivity contribution in [1.29, 1.82) is 0 Å². The summed E-state index contributed by atoms with van der Waals surface area (Å²) >= 11 is 0. The van der Waals surface area contributed by atoms with Crippen molar-refractivity contribution >= 4 is 23.9 Å². The number of carbonyl (C=O) groups excluding carboxylic acids is 4. The SMILES string of the molecule is C=CCC1O[C@H](COC(C)=O)[C@@H](OC(C)=O)[C@@H]2OC(=O)N(C(C)=O)[C@@H]12. The molecule has 0 aliphatic carbocycles. The minimum atomic E-state index is -1.00. The van der Waals surface area contributed by atoms with Crippen molar-refractivity contribution < 1.29 is 38.1 Å². The van der Waals surface area contributed by atoms with Gasteiger partial charge in [0.05, 0.1) is 6.10 Å². The van der Waals surface area contributed by atoms with Crippen LogP contribution in [0.15, 0.2) is 12.7 Å². The summed E-state index contributed by atoms with van der Waals surface area (Å²) in [5.74, 6) is -1.64. The summed E-state index contributed by atoms with van der Waals surface area (Å²) in [7, 11) is 0. The molecule has 138 valence electrons. The topological polar surface area (TPSA) is 108 Å². The number of hydrogen-bond acceptors (Lipinski definition) is 8. The van der Waals surface area contributed by atoms with Gasteiger partial charge in [-0.1, -0.05) is 6.08 Å². The second kappa shape index (κ2) is 7.64. The Morgan fingerprint density at radius 1 is 1.20 bits per heavy atom. The number of fused-ring (bicyclic) bond motifs is 1. The van der Waals surface area contributed by atoms with Gasteiger partial charge in [-0.05, 0) is 6.42 Å². The highest BCUT2D eigenvalue weighted by molar-refractivity contribution is 5.92. The molecule has 2 aliphatic heterocycles. The van der Waals surface area contributed by atoms with Crippen molar-refractivity contribution in [2.75, 3.05) is 6.61 Å². The number of rotatable bonds is 5. The van der Waals surface area contributed by atoms with E-state index in [1.54, 1.807) is 6.08 Å². The summed E-state index contributed by atoms with van der Waals surface area (Å²) in [5.41, 5.74) is 0. The molecule has 1 unspecified atom stereocenters. The van der Waals surface area contributed by atoms with Gasteiger partial charge in [0.1, 0.15) is 18.8 Å². The van der Waals surface area contributed by atoms with Crippen LogP contribution >= 0.6 is 0 Å². The average molecular weight is 355 g/mol. The standard InChI is InChI=1S/C16H21NO8/c1-5-6-11-13-15(25-16(21)17(13)8(2)18)14(23-10(4)20)12(24-11)7-22-9(3)19/h5,11-15H,1,6-7H2,2-4H3/t11?,12-,13+,14-,15-/m1/s1. The lowest BCUT2D eigenvalue weighted by Crippen LogP contribution is -2.62. The zero-order valence-corrected chi connectivity index (χ0v) is 14.3. The van der Waals surface area contributed by atoms with Crippen LogP contribution in [0.25, 0.3) is 0 Å². The fourth-order valence-corrected chi connectivity index (χ4v) is 3.11. The van der Waals surface area contributed by atoms with Gasteiger partial charge >= 0.3 is 18.0 Å². The van der Waals surface area contributed by atoms with E-state index in [0.29, 0.717) is 6.42 Å². The number of nitrogens with zero attached hydrogens (tertiary/aromatic N) is 1. The molecule has 0 radical (unpaired) electrons. The number of imide groups is 1. The molecule has 2 heterocycles. The maximum absolute atomic E-state index is 12.1. The highest BCUT2D eigenvalue weighted by Crippen LogP contribution is 2.36. The second-order valence-electron chi connectivity index (χ2n) is 5.84. The first-order chi connectivity index (χ1) is 11.8. The first-order valence-corrected chi connectivity index (χ1v) is 7.83. The fraction of sp³-hybridized carbons (Fsp3) is 0.625. The average Bonchev–Trinajstić information content (AvgIpc) is 2.85. The monoisotopic (exact) mass is 355 g/mol. The van der Waals surface area contributed by atoms with Crippen LogP contribution in [0.1, 0.15) is 27.2 Å². The van der Waals surface area contributed by atoms with E-state index >= 15 is 0 Å². The Kier molecular flexibility index (Phi) is 5.78. The highest BCUT2D eigenvalue weighted by Gasteiger charge is 2.58. The lowest BCUT2D eigenvalue weighted by Gasteiger charge is -2.42. The number of amides is 2. The van der Waals surface area contributed by atoms with Crippen LogP contribution in [0, 0.1) is 0 Å². The number of ether oxygens (including phenoxy) is 4. The molecule has 0 N–H and O–H groups in total. The zero-order chi connectivity index (χ0) is 18.7. The van der Waals surface area contributed by atoms with Crippen molar-refractivity contribution in [3.63, 3.8) is 0 Å². The van der Waals surface area contributed by atoms with Gasteiger partial charge in [-0.3, -0.25) is 14.4 Å². The van der Waals surface area contributed by atoms with Crippen molar-refractivity contribution in [1.82, 2.24) is 4.90 Å². The molecule has 2 saturated heterocycles. The third-order valence-corrected chi connectivity index (χ3v) is 3.98. The summed E-state index contributed by atoms with van der Waals surface area (Å²) in [4.78, 5) is 47.5. The van der Waals surface area contributed by atoms with Gasteiger partial charge < -0.3 is 18.9 Å². The first-order valence-electron chi connectivity index (χ1n) is 7.83. The van der Waals surface area contributed by atoms with E-state index in [9.17, 15) is 19.2 Å². The molecule has 0 aromatic rings. The van der Waals surface area contributed by atoms with Crippen LogP contribution in [-0.4, -0.2) is 65.9 Å². The lowest BCUT2D eigenvalue weighted by molar-refractivity contribution is -0.208. The smallest absolute Gasteiger partial charge is 0.417 e. The lowest BCUT2D eigenvalue weighted by atomic mass is 9.90. The molecule has 5 atom stereocenters. The molecule has 2 rings (SSSR count). The van der Waals surface area contributed by atoms with E-state index in [-0.39, 0.29) is 6.61 Å². The van der Waals surface area contributed by atoms with Gasteiger partial charge in [0.15, 0.2) is 12.2 Å². The van der Waals surface area contributed by atoms with E-state index in [1.165, 1.54) is 20.8 Å². The molecule has 0 aromatic heterocycles. The first kappa shape index (κ1) is 18.9. The Morgan fingerprint density at radius 2 is 1.88 bits per heavy atom. The van der Waals surface area contributed by atoms with E-state index in [0.717, 1.165) is 4.90 Å². The Balaban J connectivity index is 2.35. The second-order valence-corrected chi connectivity index (χ2v) is 5.84. The Bertz CT molecular complexity index is 589. The van der Waals surface area contributed by atoms with Gasteiger partial charge in [0.2, 0.25) is 5.91 Å². The maximum atomic E-state index is 12.1. The largest absolute Gasteiger partial charge is 0.463 e. The zero-order valence-electron chi connectivity index (χ0n) is 14.3. The molecule has 0 saturated carbocycles. The minimum absolute atomic E-state index is 0.179. The summed E-state index contributed by atoms with van der Waals surface area (Å²) in [6.45, 7) is 7.14. The maximum Gasteiger partial charge on any atom is 0.417 e. The number of esters is 2. The molecule has 2 fully saturated rings. The quantitative estimate of drug-likeness (QED) is 0.400. The summed E-state index contributed by atoms with van der Waals surface area (Å²) in [6.07, 6.45) is -2.30.